The van der Waals surface area contributed by atoms with Gasteiger partial charge in [-0.1, -0.05) is 6.92 Å². The zero-order valence-electron chi connectivity index (χ0n) is 10.00. The van der Waals surface area contributed by atoms with Crippen molar-refractivity contribution >= 4 is 38.6 Å². The summed E-state index contributed by atoms with van der Waals surface area (Å²) in [4.78, 5) is 2.90. The highest BCUT2D eigenvalue weighted by Crippen LogP contribution is 2.29. The highest BCUT2D eigenvalue weighted by Gasteiger charge is 2.15. The molecule has 0 spiro atoms. The second kappa shape index (κ2) is 6.14. The molecular formula is C13H16BrNS2. The Kier molecular flexibility index (Phi) is 4.79. The lowest BCUT2D eigenvalue weighted by molar-refractivity contribution is 0.559. The number of nitrogens with one attached hydrogen (secondary N) is 1. The molecule has 92 valence electrons. The van der Waals surface area contributed by atoms with Crippen molar-refractivity contribution in [3.63, 3.8) is 0 Å². The standard InChI is InChI=1S/C13H16BrNS2/c1-3-15-12(13-9(2)4-5-16-13)7-11-6-10(14)8-17-11/h4-6,8,12,15H,3,7H2,1-2H3. The maximum Gasteiger partial charge on any atom is 0.0466 e. The van der Waals surface area contributed by atoms with Crippen molar-refractivity contribution in [2.75, 3.05) is 6.54 Å². The highest BCUT2D eigenvalue weighted by molar-refractivity contribution is 9.10. The summed E-state index contributed by atoms with van der Waals surface area (Å²) in [5, 5.41) is 7.92. The number of halogens is 1. The smallest absolute Gasteiger partial charge is 0.0466 e. The fraction of sp³-hybridized carbons (Fsp3) is 0.385. The average molecular weight is 330 g/mol. The topological polar surface area (TPSA) is 12.0 Å². The van der Waals surface area contributed by atoms with Crippen LogP contribution in [0.2, 0.25) is 0 Å². The summed E-state index contributed by atoms with van der Waals surface area (Å²) >= 11 is 7.20. The highest BCUT2D eigenvalue weighted by atomic mass is 79.9. The molecule has 0 aliphatic rings. The van der Waals surface area contributed by atoms with E-state index >= 15 is 0 Å². The van der Waals surface area contributed by atoms with E-state index in [1.807, 2.05) is 22.7 Å². The molecule has 2 heterocycles. The average Bonchev–Trinajstić information content (AvgIpc) is 2.87. The number of hydrogen-bond donors (Lipinski definition) is 1. The first-order valence-electron chi connectivity index (χ1n) is 5.71. The predicted molar refractivity (Wildman–Crippen MR) is 81.2 cm³/mol. The molecule has 4 heteroatoms. The molecule has 0 aliphatic carbocycles. The maximum absolute atomic E-state index is 3.59. The lowest BCUT2D eigenvalue weighted by atomic mass is 10.1. The molecule has 0 bridgehead atoms. The van der Waals surface area contributed by atoms with E-state index in [1.54, 1.807) is 0 Å². The third-order valence-corrected chi connectivity index (χ3v) is 5.55. The molecule has 0 aliphatic heterocycles. The monoisotopic (exact) mass is 329 g/mol. The maximum atomic E-state index is 3.59. The van der Waals surface area contributed by atoms with Crippen molar-refractivity contribution in [3.05, 3.63) is 42.7 Å². The van der Waals surface area contributed by atoms with E-state index in [1.165, 1.54) is 19.8 Å². The van der Waals surface area contributed by atoms with Crippen molar-refractivity contribution in [1.82, 2.24) is 5.32 Å². The summed E-state index contributed by atoms with van der Waals surface area (Å²) in [5.41, 5.74) is 1.40. The molecule has 0 aromatic carbocycles. The van der Waals surface area contributed by atoms with Gasteiger partial charge >= 0.3 is 0 Å². The summed E-state index contributed by atoms with van der Waals surface area (Å²) in [6, 6.07) is 4.87. The molecule has 1 atom stereocenters. The van der Waals surface area contributed by atoms with Crippen LogP contribution in [-0.2, 0) is 6.42 Å². The minimum absolute atomic E-state index is 0.450. The van der Waals surface area contributed by atoms with Crippen LogP contribution in [0.4, 0.5) is 0 Å². The molecule has 2 aromatic rings. The number of hydrogen-bond acceptors (Lipinski definition) is 3. The Morgan fingerprint density at radius 2 is 2.24 bits per heavy atom. The SMILES string of the molecule is CCNC(Cc1cc(Br)cs1)c1sccc1C. The van der Waals surface area contributed by atoms with Gasteiger partial charge in [0.2, 0.25) is 0 Å². The Hall–Kier alpha value is -0.160. The molecule has 0 radical (unpaired) electrons. The van der Waals surface area contributed by atoms with Crippen molar-refractivity contribution < 1.29 is 0 Å². The Balaban J connectivity index is 2.15. The molecule has 0 fully saturated rings. The van der Waals surface area contributed by atoms with Crippen LogP contribution in [0.1, 0.15) is 28.3 Å². The van der Waals surface area contributed by atoms with Gasteiger partial charge in [0.05, 0.1) is 0 Å². The van der Waals surface area contributed by atoms with Crippen LogP contribution < -0.4 is 5.32 Å². The van der Waals surface area contributed by atoms with Gasteiger partial charge in [0.25, 0.3) is 0 Å². The molecule has 0 amide bonds. The Bertz CT molecular complexity index is 475. The Morgan fingerprint density at radius 3 is 2.76 bits per heavy atom. The first kappa shape index (κ1) is 13.3. The van der Waals surface area contributed by atoms with Crippen LogP contribution in [-0.4, -0.2) is 6.54 Å². The van der Waals surface area contributed by atoms with Gasteiger partial charge in [-0.3, -0.25) is 0 Å². The van der Waals surface area contributed by atoms with Gasteiger partial charge in [-0.2, -0.15) is 0 Å². The van der Waals surface area contributed by atoms with E-state index in [0.717, 1.165) is 13.0 Å². The summed E-state index contributed by atoms with van der Waals surface area (Å²) in [6.07, 6.45) is 1.07. The van der Waals surface area contributed by atoms with E-state index in [4.69, 9.17) is 0 Å². The van der Waals surface area contributed by atoms with E-state index in [0.29, 0.717) is 6.04 Å². The quantitative estimate of drug-likeness (QED) is 0.832. The lowest BCUT2D eigenvalue weighted by Crippen LogP contribution is -2.22. The van der Waals surface area contributed by atoms with Crippen LogP contribution in [0.25, 0.3) is 0 Å². The second-order valence-corrected chi connectivity index (χ2v) is 6.87. The van der Waals surface area contributed by atoms with Crippen LogP contribution in [0, 0.1) is 6.92 Å². The molecule has 1 unspecified atom stereocenters. The fourth-order valence-electron chi connectivity index (χ4n) is 1.91. The molecule has 0 saturated carbocycles. The molecule has 1 N–H and O–H groups in total. The van der Waals surface area contributed by atoms with Gasteiger partial charge in [0.15, 0.2) is 0 Å². The Morgan fingerprint density at radius 1 is 1.41 bits per heavy atom. The first-order valence-corrected chi connectivity index (χ1v) is 8.26. The van der Waals surface area contributed by atoms with Crippen molar-refractivity contribution in [2.45, 2.75) is 26.3 Å². The molecule has 1 nitrogen and oxygen atoms in total. The van der Waals surface area contributed by atoms with Crippen LogP contribution in [0.15, 0.2) is 27.4 Å². The van der Waals surface area contributed by atoms with E-state index < -0.39 is 0 Å². The van der Waals surface area contributed by atoms with E-state index in [-0.39, 0.29) is 0 Å². The van der Waals surface area contributed by atoms with Gasteiger partial charge < -0.3 is 5.32 Å². The normalized spacial score (nSPS) is 12.9. The number of aryl methyl sites for hydroxylation is 1. The van der Waals surface area contributed by atoms with Gasteiger partial charge in [0, 0.05) is 32.1 Å². The summed E-state index contributed by atoms with van der Waals surface area (Å²) in [6.45, 7) is 5.37. The zero-order chi connectivity index (χ0) is 12.3. The third kappa shape index (κ3) is 3.41. The van der Waals surface area contributed by atoms with Crippen molar-refractivity contribution in [1.29, 1.82) is 0 Å². The van der Waals surface area contributed by atoms with Gasteiger partial charge in [-0.15, -0.1) is 22.7 Å². The first-order chi connectivity index (χ1) is 8.20. The third-order valence-electron chi connectivity index (χ3n) is 2.70. The van der Waals surface area contributed by atoms with Gasteiger partial charge in [-0.05, 0) is 52.5 Å². The number of thiophene rings is 2. The van der Waals surface area contributed by atoms with Crippen molar-refractivity contribution in [3.8, 4) is 0 Å². The number of likely N-dealkylation sites (N-methyl/N-ethyl adjacent to an activating group) is 1. The molecule has 0 saturated heterocycles. The zero-order valence-corrected chi connectivity index (χ0v) is 13.2. The molecule has 17 heavy (non-hydrogen) atoms. The minimum Gasteiger partial charge on any atom is -0.309 e. The van der Waals surface area contributed by atoms with Crippen LogP contribution >= 0.6 is 38.6 Å². The molecular weight excluding hydrogens is 314 g/mol. The molecule has 2 aromatic heterocycles. The van der Waals surface area contributed by atoms with Gasteiger partial charge in [-0.25, -0.2) is 0 Å². The fourth-order valence-corrected chi connectivity index (χ4v) is 4.41. The Labute approximate surface area is 119 Å². The van der Waals surface area contributed by atoms with Crippen LogP contribution in [0.3, 0.4) is 0 Å². The van der Waals surface area contributed by atoms with E-state index in [2.05, 4.69) is 58.0 Å². The summed E-state index contributed by atoms with van der Waals surface area (Å²) < 4.78 is 1.19. The van der Waals surface area contributed by atoms with Crippen molar-refractivity contribution in [2.24, 2.45) is 0 Å². The number of rotatable bonds is 5. The van der Waals surface area contributed by atoms with Gasteiger partial charge in [0.1, 0.15) is 0 Å². The largest absolute Gasteiger partial charge is 0.309 e. The summed E-state index contributed by atoms with van der Waals surface area (Å²) in [7, 11) is 0. The molecule has 2 rings (SSSR count). The van der Waals surface area contributed by atoms with E-state index in [9.17, 15) is 0 Å². The van der Waals surface area contributed by atoms with Crippen LogP contribution in [0.5, 0.6) is 0 Å². The predicted octanol–water partition coefficient (Wildman–Crippen LogP) is 4.77. The lowest BCUT2D eigenvalue weighted by Gasteiger charge is -2.16. The summed E-state index contributed by atoms with van der Waals surface area (Å²) in [5.74, 6) is 0. The minimum atomic E-state index is 0.450. The second-order valence-electron chi connectivity index (χ2n) is 4.01.